The van der Waals surface area contributed by atoms with E-state index in [0.29, 0.717) is 29.0 Å². The molecule has 0 radical (unpaired) electrons. The number of rotatable bonds is 4. The monoisotopic (exact) mass is 455 g/mol. The number of nitrogens with zero attached hydrogens (tertiary/aromatic N) is 3. The normalized spacial score (nSPS) is 14.6. The molecule has 0 bridgehead atoms. The maximum Gasteiger partial charge on any atom is 0.331 e. The second kappa shape index (κ2) is 8.55. The Labute approximate surface area is 194 Å². The van der Waals surface area contributed by atoms with Crippen molar-refractivity contribution in [1.82, 2.24) is 9.55 Å². The summed E-state index contributed by atoms with van der Waals surface area (Å²) in [5.74, 6) is -0.617. The number of hydrogen-bond acceptors (Lipinski definition) is 7. The van der Waals surface area contributed by atoms with Gasteiger partial charge in [0.05, 0.1) is 23.1 Å². The van der Waals surface area contributed by atoms with Gasteiger partial charge in [-0.3, -0.25) is 14.6 Å². The molecule has 0 aliphatic carbocycles. The maximum absolute atomic E-state index is 13.2. The third-order valence-corrected chi connectivity index (χ3v) is 5.88. The molecule has 1 aliphatic heterocycles. The summed E-state index contributed by atoms with van der Waals surface area (Å²) in [5.41, 5.74) is 3.39. The van der Waals surface area contributed by atoms with Crippen LogP contribution in [-0.4, -0.2) is 39.4 Å². The molecule has 0 saturated heterocycles. The largest absolute Gasteiger partial charge is 0.492 e. The molecule has 0 atom stereocenters. The van der Waals surface area contributed by atoms with Crippen molar-refractivity contribution < 1.29 is 24.0 Å². The number of oxime groups is 1. The summed E-state index contributed by atoms with van der Waals surface area (Å²) in [4.78, 5) is 46.1. The van der Waals surface area contributed by atoms with Crippen molar-refractivity contribution in [2.75, 3.05) is 6.61 Å². The molecule has 0 amide bonds. The first-order valence-corrected chi connectivity index (χ1v) is 10.9. The molecule has 8 nitrogen and oxygen atoms in total. The predicted molar refractivity (Wildman–Crippen MR) is 126 cm³/mol. The summed E-state index contributed by atoms with van der Waals surface area (Å²) in [6, 6.07) is 12.5. The van der Waals surface area contributed by atoms with Crippen LogP contribution < -0.4 is 4.74 Å². The van der Waals surface area contributed by atoms with Crippen LogP contribution in [0.4, 0.5) is 0 Å². The molecule has 4 aromatic rings. The molecule has 8 heteroatoms. The molecule has 1 aliphatic rings. The first-order valence-electron chi connectivity index (χ1n) is 10.9. The highest BCUT2D eigenvalue weighted by Gasteiger charge is 2.28. The molecule has 0 saturated carbocycles. The van der Waals surface area contributed by atoms with Crippen molar-refractivity contribution in [3.05, 3.63) is 71.5 Å². The van der Waals surface area contributed by atoms with E-state index in [4.69, 9.17) is 9.57 Å². The number of carbonyl (C=O) groups is 3. The van der Waals surface area contributed by atoms with Crippen LogP contribution in [0, 0.1) is 0 Å². The van der Waals surface area contributed by atoms with Crippen LogP contribution in [-0.2, 0) is 16.2 Å². The van der Waals surface area contributed by atoms with Gasteiger partial charge in [0, 0.05) is 54.3 Å². The minimum Gasteiger partial charge on any atom is -0.492 e. The number of Topliss-reactive ketones (excluding diaryl/α,β-unsaturated/α-hetero) is 1. The van der Waals surface area contributed by atoms with Crippen LogP contribution in [0.15, 0.2) is 60.0 Å². The average molecular weight is 455 g/mol. The Hall–Kier alpha value is -4.33. The van der Waals surface area contributed by atoms with Gasteiger partial charge < -0.3 is 14.1 Å². The fraction of sp³-hybridized carbons (Fsp3) is 0.192. The van der Waals surface area contributed by atoms with E-state index in [1.165, 1.54) is 6.92 Å². The predicted octanol–water partition coefficient (Wildman–Crippen LogP) is 4.32. The highest BCUT2D eigenvalue weighted by atomic mass is 16.7. The number of aryl methyl sites for hydroxylation is 1. The van der Waals surface area contributed by atoms with Crippen LogP contribution in [0.3, 0.4) is 0 Å². The van der Waals surface area contributed by atoms with Crippen LogP contribution in [0.2, 0.25) is 0 Å². The van der Waals surface area contributed by atoms with Gasteiger partial charge >= 0.3 is 5.97 Å². The number of ether oxygens (including phenoxy) is 1. The Balaban J connectivity index is 1.72. The molecule has 0 unspecified atom stereocenters. The first-order chi connectivity index (χ1) is 16.5. The molecule has 3 heterocycles. The SMILES string of the molecule is CCn1c2ccc(C(=O)c3ccncc3)cc2c2c3c(ccc21)C(=O)/C(=N/OC(C)=O)CCO3. The Kier molecular flexibility index (Phi) is 5.41. The Bertz CT molecular complexity index is 1500. The first kappa shape index (κ1) is 21.5. The van der Waals surface area contributed by atoms with E-state index in [9.17, 15) is 14.4 Å². The number of fused-ring (bicyclic) bond motifs is 5. The average Bonchev–Trinajstić information content (AvgIpc) is 3.09. The molecule has 2 aromatic heterocycles. The van der Waals surface area contributed by atoms with E-state index >= 15 is 0 Å². The third-order valence-electron chi connectivity index (χ3n) is 5.88. The minimum absolute atomic E-state index is 0.114. The Morgan fingerprint density at radius 3 is 2.59 bits per heavy atom. The summed E-state index contributed by atoms with van der Waals surface area (Å²) in [6.07, 6.45) is 3.38. The molecular weight excluding hydrogens is 434 g/mol. The van der Waals surface area contributed by atoms with Crippen LogP contribution in [0.25, 0.3) is 21.8 Å². The lowest BCUT2D eigenvalue weighted by Crippen LogP contribution is -2.15. The lowest BCUT2D eigenvalue weighted by Gasteiger charge is -2.09. The quantitative estimate of drug-likeness (QED) is 0.258. The topological polar surface area (TPSA) is 99.9 Å². The number of carbonyl (C=O) groups excluding carboxylic acids is 3. The third kappa shape index (κ3) is 3.53. The Morgan fingerprint density at radius 1 is 1.09 bits per heavy atom. The second-order valence-electron chi connectivity index (χ2n) is 7.93. The number of ketones is 2. The smallest absolute Gasteiger partial charge is 0.331 e. The van der Waals surface area contributed by atoms with Crippen LogP contribution >= 0.6 is 0 Å². The number of aromatic nitrogens is 2. The van der Waals surface area contributed by atoms with E-state index < -0.39 is 5.97 Å². The van der Waals surface area contributed by atoms with Crippen molar-refractivity contribution in [3.63, 3.8) is 0 Å². The molecule has 0 spiro atoms. The van der Waals surface area contributed by atoms with Crippen molar-refractivity contribution in [2.24, 2.45) is 5.16 Å². The summed E-state index contributed by atoms with van der Waals surface area (Å²) in [5, 5.41) is 5.33. The van der Waals surface area contributed by atoms with Gasteiger partial charge in [-0.05, 0) is 49.4 Å². The highest BCUT2D eigenvalue weighted by Crippen LogP contribution is 2.40. The van der Waals surface area contributed by atoms with E-state index in [-0.39, 0.29) is 30.3 Å². The zero-order valence-electron chi connectivity index (χ0n) is 18.7. The molecule has 170 valence electrons. The molecule has 0 fully saturated rings. The van der Waals surface area contributed by atoms with Gasteiger partial charge in [0.15, 0.2) is 5.78 Å². The highest BCUT2D eigenvalue weighted by molar-refractivity contribution is 6.47. The van der Waals surface area contributed by atoms with E-state index in [1.54, 1.807) is 30.6 Å². The zero-order valence-corrected chi connectivity index (χ0v) is 18.7. The lowest BCUT2D eigenvalue weighted by molar-refractivity contribution is -0.140. The van der Waals surface area contributed by atoms with Gasteiger partial charge in [-0.2, -0.15) is 0 Å². The van der Waals surface area contributed by atoms with E-state index in [2.05, 4.69) is 14.7 Å². The summed E-state index contributed by atoms with van der Waals surface area (Å²) in [6.45, 7) is 4.16. The summed E-state index contributed by atoms with van der Waals surface area (Å²) in [7, 11) is 0. The van der Waals surface area contributed by atoms with E-state index in [1.807, 2.05) is 31.2 Å². The fourth-order valence-electron chi connectivity index (χ4n) is 4.36. The number of benzene rings is 2. The molecule has 2 aromatic carbocycles. The maximum atomic E-state index is 13.2. The van der Waals surface area contributed by atoms with Crippen LogP contribution in [0.5, 0.6) is 5.75 Å². The van der Waals surface area contributed by atoms with Crippen molar-refractivity contribution in [3.8, 4) is 5.75 Å². The van der Waals surface area contributed by atoms with E-state index in [0.717, 1.165) is 21.8 Å². The van der Waals surface area contributed by atoms with Gasteiger partial charge in [0.2, 0.25) is 5.78 Å². The van der Waals surface area contributed by atoms with Gasteiger partial charge in [-0.25, -0.2) is 4.79 Å². The lowest BCUT2D eigenvalue weighted by atomic mass is 9.99. The molecular formula is C26H21N3O5. The zero-order chi connectivity index (χ0) is 23.8. The number of hydrogen-bond donors (Lipinski definition) is 0. The second-order valence-corrected chi connectivity index (χ2v) is 7.93. The van der Waals surface area contributed by atoms with Crippen molar-refractivity contribution >= 4 is 45.1 Å². The summed E-state index contributed by atoms with van der Waals surface area (Å²) >= 11 is 0. The molecule has 34 heavy (non-hydrogen) atoms. The van der Waals surface area contributed by atoms with Gasteiger partial charge in [-0.1, -0.05) is 5.16 Å². The van der Waals surface area contributed by atoms with Gasteiger partial charge in [0.25, 0.3) is 0 Å². The minimum atomic E-state index is -0.599. The Morgan fingerprint density at radius 2 is 1.85 bits per heavy atom. The molecule has 5 rings (SSSR count). The van der Waals surface area contributed by atoms with Crippen LogP contribution in [0.1, 0.15) is 46.5 Å². The summed E-state index contributed by atoms with van der Waals surface area (Å²) < 4.78 is 8.19. The van der Waals surface area contributed by atoms with Gasteiger partial charge in [-0.15, -0.1) is 0 Å². The van der Waals surface area contributed by atoms with Crippen molar-refractivity contribution in [1.29, 1.82) is 0 Å². The standard InChI is InChI=1S/C26H21N3O5/c1-3-29-21-6-4-17(24(31)16-8-11-27-12-9-16)14-19(21)23-22(29)7-5-18-25(32)20(28-34-15(2)30)10-13-33-26(18)23/h4-9,11-12,14H,3,10,13H2,1-2H3/b28-20+. The molecule has 0 N–H and O–H groups in total. The van der Waals surface area contributed by atoms with Gasteiger partial charge in [0.1, 0.15) is 11.5 Å². The number of pyridine rings is 1. The van der Waals surface area contributed by atoms with Crippen molar-refractivity contribution in [2.45, 2.75) is 26.8 Å². The fourth-order valence-corrected chi connectivity index (χ4v) is 4.36.